The summed E-state index contributed by atoms with van der Waals surface area (Å²) in [6, 6.07) is 27.3. The normalized spacial score (nSPS) is 14.2. The third-order valence-corrected chi connectivity index (χ3v) is 7.54. The van der Waals surface area contributed by atoms with Crippen molar-refractivity contribution in [2.24, 2.45) is 0 Å². The summed E-state index contributed by atoms with van der Waals surface area (Å²) in [5.41, 5.74) is 13.4. The highest BCUT2D eigenvalue weighted by molar-refractivity contribution is 6.12. The summed E-state index contributed by atoms with van der Waals surface area (Å²) in [6.45, 7) is 11.3. The van der Waals surface area contributed by atoms with Gasteiger partial charge in [0, 0.05) is 16.2 Å². The highest BCUT2D eigenvalue weighted by Gasteiger charge is 2.34. The number of benzene rings is 4. The topological polar surface area (TPSA) is 4.93 Å². The first-order valence-corrected chi connectivity index (χ1v) is 11.1. The standard InChI is InChI=1S/C30H27N/c1-18-15-22(16-19(2)20(18)3)21-13-14-27-24(17-21)23-9-8-11-26-29(23)31(27)28-12-7-6-10-25(28)30(26,4)5/h6-17H,1-5H3. The summed E-state index contributed by atoms with van der Waals surface area (Å²) in [4.78, 5) is 0. The first kappa shape index (κ1) is 18.4. The molecule has 0 saturated carbocycles. The molecule has 1 aromatic heterocycles. The Morgan fingerprint density at radius 3 is 2.13 bits per heavy atom. The Morgan fingerprint density at radius 2 is 1.35 bits per heavy atom. The van der Waals surface area contributed by atoms with Crippen LogP contribution >= 0.6 is 0 Å². The Balaban J connectivity index is 1.72. The minimum absolute atomic E-state index is 0.0194. The number of aryl methyl sites for hydroxylation is 2. The zero-order chi connectivity index (χ0) is 21.5. The van der Waals surface area contributed by atoms with E-state index in [-0.39, 0.29) is 5.41 Å². The van der Waals surface area contributed by atoms with Gasteiger partial charge in [0.2, 0.25) is 0 Å². The van der Waals surface area contributed by atoms with Gasteiger partial charge in [0.1, 0.15) is 0 Å². The molecule has 0 aliphatic carbocycles. The smallest absolute Gasteiger partial charge is 0.0582 e. The predicted molar refractivity (Wildman–Crippen MR) is 133 cm³/mol. The van der Waals surface area contributed by atoms with Crippen molar-refractivity contribution in [3.05, 3.63) is 101 Å². The lowest BCUT2D eigenvalue weighted by molar-refractivity contribution is 0.630. The van der Waals surface area contributed by atoms with E-state index < -0.39 is 0 Å². The number of rotatable bonds is 1. The van der Waals surface area contributed by atoms with Crippen LogP contribution in [0.4, 0.5) is 0 Å². The van der Waals surface area contributed by atoms with Crippen LogP contribution in [0.25, 0.3) is 38.6 Å². The highest BCUT2D eigenvalue weighted by atomic mass is 15.0. The molecule has 0 bridgehead atoms. The molecule has 0 saturated heterocycles. The van der Waals surface area contributed by atoms with E-state index in [1.807, 2.05) is 0 Å². The number of hydrogen-bond acceptors (Lipinski definition) is 0. The lowest BCUT2D eigenvalue weighted by Crippen LogP contribution is -2.26. The molecule has 5 aromatic rings. The zero-order valence-electron chi connectivity index (χ0n) is 18.9. The van der Waals surface area contributed by atoms with Crippen LogP contribution < -0.4 is 0 Å². The van der Waals surface area contributed by atoms with E-state index in [4.69, 9.17) is 0 Å². The van der Waals surface area contributed by atoms with Crippen molar-refractivity contribution >= 4 is 21.8 Å². The van der Waals surface area contributed by atoms with E-state index >= 15 is 0 Å². The van der Waals surface area contributed by atoms with E-state index in [1.54, 1.807) is 0 Å². The SMILES string of the molecule is Cc1cc(-c2ccc3c(c2)c2cccc4c2n3-c2ccccc2C4(C)C)cc(C)c1C. The van der Waals surface area contributed by atoms with E-state index in [2.05, 4.69) is 112 Å². The molecular formula is C30H27N. The van der Waals surface area contributed by atoms with E-state index in [9.17, 15) is 0 Å². The molecule has 31 heavy (non-hydrogen) atoms. The van der Waals surface area contributed by atoms with Crippen molar-refractivity contribution in [3.63, 3.8) is 0 Å². The largest absolute Gasteiger partial charge is 0.309 e. The maximum Gasteiger partial charge on any atom is 0.0582 e. The Labute approximate surface area is 184 Å². The van der Waals surface area contributed by atoms with Crippen LogP contribution in [0.1, 0.15) is 41.7 Å². The molecule has 0 amide bonds. The van der Waals surface area contributed by atoms with Crippen molar-refractivity contribution in [3.8, 4) is 16.8 Å². The predicted octanol–water partition coefficient (Wildman–Crippen LogP) is 8.02. The van der Waals surface area contributed by atoms with Gasteiger partial charge in [-0.1, -0.05) is 68.4 Å². The van der Waals surface area contributed by atoms with Gasteiger partial charge in [-0.3, -0.25) is 0 Å². The fourth-order valence-electron chi connectivity index (χ4n) is 5.55. The van der Waals surface area contributed by atoms with Gasteiger partial charge < -0.3 is 4.57 Å². The van der Waals surface area contributed by atoms with Gasteiger partial charge in [0.15, 0.2) is 0 Å². The number of nitrogens with zero attached hydrogens (tertiary/aromatic N) is 1. The van der Waals surface area contributed by atoms with Crippen molar-refractivity contribution in [2.75, 3.05) is 0 Å². The van der Waals surface area contributed by atoms with Crippen molar-refractivity contribution in [1.29, 1.82) is 0 Å². The van der Waals surface area contributed by atoms with Gasteiger partial charge >= 0.3 is 0 Å². The molecule has 2 heterocycles. The summed E-state index contributed by atoms with van der Waals surface area (Å²) in [6.07, 6.45) is 0. The lowest BCUT2D eigenvalue weighted by Gasteiger charge is -2.34. The Hall–Kier alpha value is -3.32. The van der Waals surface area contributed by atoms with Gasteiger partial charge in [0.05, 0.1) is 16.7 Å². The summed E-state index contributed by atoms with van der Waals surface area (Å²) < 4.78 is 2.48. The molecule has 0 fully saturated rings. The van der Waals surface area contributed by atoms with Crippen LogP contribution in [-0.2, 0) is 5.41 Å². The zero-order valence-corrected chi connectivity index (χ0v) is 18.9. The first-order chi connectivity index (χ1) is 14.9. The van der Waals surface area contributed by atoms with Crippen LogP contribution in [0.2, 0.25) is 0 Å². The molecule has 1 heteroatoms. The monoisotopic (exact) mass is 401 g/mol. The molecule has 4 aromatic carbocycles. The number of para-hydroxylation sites is 2. The molecule has 0 N–H and O–H groups in total. The summed E-state index contributed by atoms with van der Waals surface area (Å²) in [5.74, 6) is 0. The molecule has 0 unspecified atom stereocenters. The minimum Gasteiger partial charge on any atom is -0.309 e. The summed E-state index contributed by atoms with van der Waals surface area (Å²) in [7, 11) is 0. The third-order valence-electron chi connectivity index (χ3n) is 7.54. The van der Waals surface area contributed by atoms with Crippen molar-refractivity contribution < 1.29 is 0 Å². The third kappa shape index (κ3) is 2.38. The van der Waals surface area contributed by atoms with Gasteiger partial charge in [-0.2, -0.15) is 0 Å². The molecule has 0 spiro atoms. The molecule has 1 aliphatic rings. The second-order valence-corrected chi connectivity index (χ2v) is 9.65. The van der Waals surface area contributed by atoms with Crippen LogP contribution in [0.3, 0.4) is 0 Å². The Kier molecular flexibility index (Phi) is 3.63. The molecule has 6 rings (SSSR count). The second-order valence-electron chi connectivity index (χ2n) is 9.65. The van der Waals surface area contributed by atoms with Crippen molar-refractivity contribution in [1.82, 2.24) is 4.57 Å². The number of hydrogen-bond donors (Lipinski definition) is 0. The van der Waals surface area contributed by atoms with E-state index in [0.29, 0.717) is 0 Å². The van der Waals surface area contributed by atoms with E-state index in [1.165, 1.54) is 66.4 Å². The van der Waals surface area contributed by atoms with Crippen LogP contribution in [0.15, 0.2) is 72.8 Å². The van der Waals surface area contributed by atoms with Crippen molar-refractivity contribution in [2.45, 2.75) is 40.0 Å². The molecule has 0 atom stereocenters. The second kappa shape index (κ2) is 6.11. The molecular weight excluding hydrogens is 374 g/mol. The molecule has 0 radical (unpaired) electrons. The quantitative estimate of drug-likeness (QED) is 0.268. The molecule has 152 valence electrons. The lowest BCUT2D eigenvalue weighted by atomic mass is 9.75. The molecule has 1 nitrogen and oxygen atoms in total. The fourth-order valence-corrected chi connectivity index (χ4v) is 5.55. The van der Waals surface area contributed by atoms with Gasteiger partial charge in [-0.15, -0.1) is 0 Å². The Bertz CT molecular complexity index is 1500. The van der Waals surface area contributed by atoms with Gasteiger partial charge in [-0.05, 0) is 77.9 Å². The average Bonchev–Trinajstić information content (AvgIpc) is 3.10. The highest BCUT2D eigenvalue weighted by Crippen LogP contribution is 2.47. The molecule has 1 aliphatic heterocycles. The van der Waals surface area contributed by atoms with Crippen LogP contribution in [-0.4, -0.2) is 4.57 Å². The number of aromatic nitrogens is 1. The average molecular weight is 402 g/mol. The van der Waals surface area contributed by atoms with E-state index in [0.717, 1.165) is 0 Å². The first-order valence-electron chi connectivity index (χ1n) is 11.1. The summed E-state index contributed by atoms with van der Waals surface area (Å²) in [5, 5.41) is 2.68. The minimum atomic E-state index is -0.0194. The Morgan fingerprint density at radius 1 is 0.645 bits per heavy atom. The maximum absolute atomic E-state index is 2.48. The number of fused-ring (bicyclic) bond motifs is 5. The van der Waals surface area contributed by atoms with Crippen LogP contribution in [0, 0.1) is 20.8 Å². The van der Waals surface area contributed by atoms with Gasteiger partial charge in [0.25, 0.3) is 0 Å². The fraction of sp³-hybridized carbons (Fsp3) is 0.200. The summed E-state index contributed by atoms with van der Waals surface area (Å²) >= 11 is 0. The van der Waals surface area contributed by atoms with Crippen LogP contribution in [0.5, 0.6) is 0 Å². The van der Waals surface area contributed by atoms with Gasteiger partial charge in [-0.25, -0.2) is 0 Å². The maximum atomic E-state index is 2.48.